The van der Waals surface area contributed by atoms with E-state index in [1.54, 1.807) is 24.4 Å². The van der Waals surface area contributed by atoms with Crippen molar-refractivity contribution in [2.75, 3.05) is 17.6 Å². The van der Waals surface area contributed by atoms with Gasteiger partial charge in [0.05, 0.1) is 11.9 Å². The number of nitrogen functional groups attached to an aromatic ring is 1. The van der Waals surface area contributed by atoms with Crippen LogP contribution in [0.15, 0.2) is 48.7 Å². The van der Waals surface area contributed by atoms with E-state index in [-0.39, 0.29) is 12.1 Å². The van der Waals surface area contributed by atoms with Crippen LogP contribution in [0.2, 0.25) is 10.0 Å². The number of hydrogen-bond donors (Lipinski definition) is 5. The molecule has 0 amide bonds. The summed E-state index contributed by atoms with van der Waals surface area (Å²) in [6.07, 6.45) is 3.99. The van der Waals surface area contributed by atoms with Crippen molar-refractivity contribution >= 4 is 40.8 Å². The van der Waals surface area contributed by atoms with Gasteiger partial charge in [0.25, 0.3) is 0 Å². The highest BCUT2D eigenvalue weighted by molar-refractivity contribution is 6.36. The number of aromatic nitrogens is 2. The van der Waals surface area contributed by atoms with Gasteiger partial charge >= 0.3 is 5.97 Å². The fourth-order valence-corrected chi connectivity index (χ4v) is 4.96. The summed E-state index contributed by atoms with van der Waals surface area (Å²) in [5.41, 5.74) is 9.61. The van der Waals surface area contributed by atoms with Gasteiger partial charge in [-0.1, -0.05) is 53.5 Å². The Balaban J connectivity index is 1.37. The lowest BCUT2D eigenvalue weighted by Gasteiger charge is -2.31. The molecule has 190 valence electrons. The molecule has 3 atom stereocenters. The second-order valence-electron chi connectivity index (χ2n) is 9.08. The molecule has 4 rings (SSSR count). The lowest BCUT2D eigenvalue weighted by molar-refractivity contribution is -0.140. The van der Waals surface area contributed by atoms with Gasteiger partial charge in [-0.15, -0.1) is 0 Å². The molecule has 3 aromatic rings. The van der Waals surface area contributed by atoms with Crippen molar-refractivity contribution in [1.29, 1.82) is 0 Å². The largest absolute Gasteiger partial charge is 0.480 e. The van der Waals surface area contributed by atoms with Gasteiger partial charge in [0, 0.05) is 39.8 Å². The van der Waals surface area contributed by atoms with Crippen LogP contribution in [0, 0.1) is 0 Å². The first-order chi connectivity index (χ1) is 17.3. The number of carboxylic acids is 1. The Morgan fingerprint density at radius 3 is 2.64 bits per heavy atom. The number of nitrogens with two attached hydrogens (primary N) is 1. The zero-order chi connectivity index (χ0) is 25.7. The van der Waals surface area contributed by atoms with Crippen LogP contribution in [0.5, 0.6) is 0 Å². The summed E-state index contributed by atoms with van der Waals surface area (Å²) in [6, 6.07) is 13.5. The molecule has 0 bridgehead atoms. The van der Waals surface area contributed by atoms with Crippen molar-refractivity contribution in [1.82, 2.24) is 20.6 Å². The van der Waals surface area contributed by atoms with Gasteiger partial charge in [-0.05, 0) is 50.4 Å². The van der Waals surface area contributed by atoms with E-state index < -0.39 is 12.0 Å². The molecule has 10 heteroatoms. The molecule has 36 heavy (non-hydrogen) atoms. The molecule has 0 spiro atoms. The predicted octanol–water partition coefficient (Wildman–Crippen LogP) is 4.37. The maximum Gasteiger partial charge on any atom is 0.320 e. The van der Waals surface area contributed by atoms with E-state index in [1.807, 2.05) is 12.1 Å². The van der Waals surface area contributed by atoms with Crippen LogP contribution < -0.4 is 21.7 Å². The molecule has 1 fully saturated rings. The Kier molecular flexibility index (Phi) is 8.64. The second-order valence-corrected chi connectivity index (χ2v) is 9.89. The van der Waals surface area contributed by atoms with E-state index >= 15 is 0 Å². The number of hydrogen-bond acceptors (Lipinski definition) is 7. The highest BCUT2D eigenvalue weighted by atomic mass is 35.5. The third-order valence-corrected chi connectivity index (χ3v) is 7.02. The van der Waals surface area contributed by atoms with Gasteiger partial charge in [-0.2, -0.15) is 0 Å². The van der Waals surface area contributed by atoms with Gasteiger partial charge in [-0.25, -0.2) is 9.97 Å². The van der Waals surface area contributed by atoms with Crippen LogP contribution in [0.3, 0.4) is 0 Å². The van der Waals surface area contributed by atoms with Crippen molar-refractivity contribution < 1.29 is 9.90 Å². The molecule has 0 radical (unpaired) electrons. The van der Waals surface area contributed by atoms with Crippen molar-refractivity contribution in [2.45, 2.75) is 50.9 Å². The van der Waals surface area contributed by atoms with E-state index in [9.17, 15) is 9.90 Å². The van der Waals surface area contributed by atoms with Gasteiger partial charge in [-0.3, -0.25) is 4.79 Å². The summed E-state index contributed by atoms with van der Waals surface area (Å²) in [4.78, 5) is 20.2. The van der Waals surface area contributed by atoms with Crippen LogP contribution in [0.1, 0.15) is 30.9 Å². The van der Waals surface area contributed by atoms with E-state index in [4.69, 9.17) is 28.9 Å². The van der Waals surface area contributed by atoms with E-state index in [2.05, 4.69) is 45.0 Å². The molecule has 1 saturated heterocycles. The number of aliphatic carboxylic acids is 1. The monoisotopic (exact) mass is 528 g/mol. The Morgan fingerprint density at radius 1 is 1.22 bits per heavy atom. The third-order valence-electron chi connectivity index (χ3n) is 6.31. The summed E-state index contributed by atoms with van der Waals surface area (Å²) >= 11 is 12.5. The van der Waals surface area contributed by atoms with Crippen LogP contribution in [-0.2, 0) is 17.8 Å². The number of nitrogens with zero attached hydrogens (tertiary/aromatic N) is 2. The average Bonchev–Trinajstić information content (AvgIpc) is 2.85. The van der Waals surface area contributed by atoms with Crippen LogP contribution in [-0.4, -0.2) is 45.7 Å². The third kappa shape index (κ3) is 6.64. The second kappa shape index (κ2) is 11.9. The van der Waals surface area contributed by atoms with Crippen molar-refractivity contribution in [2.24, 2.45) is 0 Å². The number of anilines is 2. The quantitative estimate of drug-likeness (QED) is 0.277. The maximum absolute atomic E-state index is 11.3. The molecule has 0 aliphatic carbocycles. The Morgan fingerprint density at radius 2 is 1.94 bits per heavy atom. The van der Waals surface area contributed by atoms with Crippen molar-refractivity contribution in [3.05, 3.63) is 69.8 Å². The highest BCUT2D eigenvalue weighted by Crippen LogP contribution is 2.27. The number of rotatable bonds is 9. The number of nitrogens with one attached hydrogen (secondary N) is 3. The maximum atomic E-state index is 11.3. The molecule has 1 aliphatic heterocycles. The number of benzene rings is 2. The van der Waals surface area contributed by atoms with Gasteiger partial charge in [0.2, 0.25) is 0 Å². The van der Waals surface area contributed by atoms with Crippen LogP contribution >= 0.6 is 23.2 Å². The van der Waals surface area contributed by atoms with Gasteiger partial charge < -0.3 is 26.8 Å². The SMILES string of the molecule is CC(Cc1ccc(-c2cnc(N)c(NCc3c(Cl)cccc3Cl)n2)cc1)NC1CCN[C@@H](C(=O)O)C1. The lowest BCUT2D eigenvalue weighted by atomic mass is 9.97. The van der Waals surface area contributed by atoms with E-state index in [1.165, 1.54) is 5.56 Å². The number of piperidine rings is 1. The van der Waals surface area contributed by atoms with Crippen LogP contribution in [0.25, 0.3) is 11.3 Å². The lowest BCUT2D eigenvalue weighted by Crippen LogP contribution is -2.51. The Labute approximate surface area is 220 Å². The molecule has 2 heterocycles. The summed E-state index contributed by atoms with van der Waals surface area (Å²) in [6.45, 7) is 3.20. The number of carbonyl (C=O) groups is 1. The van der Waals surface area contributed by atoms with Crippen molar-refractivity contribution in [3.8, 4) is 11.3 Å². The van der Waals surface area contributed by atoms with E-state index in [0.29, 0.717) is 46.9 Å². The number of carboxylic acid groups (broad SMARTS) is 1. The minimum atomic E-state index is -0.790. The fourth-order valence-electron chi connectivity index (χ4n) is 4.42. The normalized spacial score (nSPS) is 18.5. The zero-order valence-electron chi connectivity index (χ0n) is 20.0. The Bertz CT molecular complexity index is 1190. The van der Waals surface area contributed by atoms with Crippen LogP contribution in [0.4, 0.5) is 11.6 Å². The first-order valence-corrected chi connectivity index (χ1v) is 12.7. The summed E-state index contributed by atoms with van der Waals surface area (Å²) in [5, 5.41) is 20.2. The zero-order valence-corrected chi connectivity index (χ0v) is 21.5. The van der Waals surface area contributed by atoms with Crippen molar-refractivity contribution in [3.63, 3.8) is 0 Å². The molecule has 6 N–H and O–H groups in total. The van der Waals surface area contributed by atoms with Gasteiger partial charge in [0.15, 0.2) is 11.6 Å². The predicted molar refractivity (Wildman–Crippen MR) is 144 cm³/mol. The Hall–Kier alpha value is -2.91. The molecule has 2 unspecified atom stereocenters. The first kappa shape index (κ1) is 26.2. The topological polar surface area (TPSA) is 125 Å². The highest BCUT2D eigenvalue weighted by Gasteiger charge is 2.27. The molecule has 1 aliphatic rings. The standard InChI is InChI=1S/C26H30Cl2N6O2/c1-15(33-18-9-10-30-22(12-18)26(35)36)11-16-5-7-17(8-6-16)23-14-31-24(29)25(34-23)32-13-19-20(27)3-2-4-21(19)28/h2-8,14-15,18,22,30,33H,9-13H2,1H3,(H2,29,31)(H,32,34)(H,35,36)/t15?,18?,22-/m1/s1. The average molecular weight is 529 g/mol. The smallest absolute Gasteiger partial charge is 0.320 e. The summed E-state index contributed by atoms with van der Waals surface area (Å²) in [7, 11) is 0. The molecule has 0 saturated carbocycles. The minimum Gasteiger partial charge on any atom is -0.480 e. The first-order valence-electron chi connectivity index (χ1n) is 11.9. The molecular formula is C26H30Cl2N6O2. The fraction of sp³-hybridized carbons (Fsp3) is 0.346. The molecular weight excluding hydrogens is 499 g/mol. The minimum absolute atomic E-state index is 0.193. The molecule has 1 aromatic heterocycles. The summed E-state index contributed by atoms with van der Waals surface area (Å²) in [5.74, 6) is -0.0324. The summed E-state index contributed by atoms with van der Waals surface area (Å²) < 4.78 is 0. The number of halogens is 2. The molecule has 2 aromatic carbocycles. The van der Waals surface area contributed by atoms with Gasteiger partial charge in [0.1, 0.15) is 6.04 Å². The molecule has 8 nitrogen and oxygen atoms in total. The van der Waals surface area contributed by atoms with E-state index in [0.717, 1.165) is 24.0 Å².